The van der Waals surface area contributed by atoms with Crippen molar-refractivity contribution in [2.24, 2.45) is 0 Å². The van der Waals surface area contributed by atoms with Crippen molar-refractivity contribution < 1.29 is 14.3 Å². The first-order valence-corrected chi connectivity index (χ1v) is 11.4. The zero-order valence-corrected chi connectivity index (χ0v) is 19.0. The van der Waals surface area contributed by atoms with E-state index in [1.807, 2.05) is 31.2 Å². The number of amides is 3. The van der Waals surface area contributed by atoms with E-state index in [1.165, 1.54) is 17.5 Å². The lowest BCUT2D eigenvalue weighted by Gasteiger charge is -2.27. The molecule has 2 N–H and O–H groups in total. The molecule has 3 aromatic heterocycles. The van der Waals surface area contributed by atoms with Crippen molar-refractivity contribution >= 4 is 39.8 Å². The number of hydrogen-bond donors (Lipinski definition) is 2. The Balaban J connectivity index is 1.18. The maximum absolute atomic E-state index is 12.2. The summed E-state index contributed by atoms with van der Waals surface area (Å²) in [6.07, 6.45) is 5.56. The summed E-state index contributed by atoms with van der Waals surface area (Å²) in [7, 11) is 0. The highest BCUT2D eigenvalue weighted by Gasteiger charge is 2.27. The number of aryl methyl sites for hydroxylation is 1. The molecule has 1 aromatic carbocycles. The zero-order valence-electron chi connectivity index (χ0n) is 18.2. The van der Waals surface area contributed by atoms with Crippen LogP contribution in [0.3, 0.4) is 0 Å². The number of pyridine rings is 2. The number of carbonyl (C=O) groups is 2. The molecule has 1 saturated heterocycles. The van der Waals surface area contributed by atoms with Crippen LogP contribution in [-0.2, 0) is 4.79 Å². The zero-order chi connectivity index (χ0) is 23.5. The Kier molecular flexibility index (Phi) is 5.88. The molecule has 3 amide bonds. The van der Waals surface area contributed by atoms with Crippen molar-refractivity contribution in [1.82, 2.24) is 15.0 Å². The van der Waals surface area contributed by atoms with E-state index in [0.717, 1.165) is 27.8 Å². The van der Waals surface area contributed by atoms with Crippen molar-refractivity contribution in [3.63, 3.8) is 0 Å². The molecule has 0 unspecified atom stereocenters. The van der Waals surface area contributed by atoms with Gasteiger partial charge in [-0.1, -0.05) is 11.3 Å². The first-order chi connectivity index (χ1) is 16.5. The van der Waals surface area contributed by atoms with E-state index in [-0.39, 0.29) is 11.9 Å². The molecule has 9 nitrogen and oxygen atoms in total. The number of nitrogens with zero attached hydrogens (tertiary/aromatic N) is 4. The Labute approximate surface area is 199 Å². The van der Waals surface area contributed by atoms with Gasteiger partial charge in [-0.05, 0) is 55.0 Å². The van der Waals surface area contributed by atoms with E-state index in [0.29, 0.717) is 29.4 Å². The maximum Gasteiger partial charge on any atom is 0.323 e. The minimum atomic E-state index is -0.383. The summed E-state index contributed by atoms with van der Waals surface area (Å²) in [6, 6.07) is 14.1. The van der Waals surface area contributed by atoms with Gasteiger partial charge in [0.25, 0.3) is 0 Å². The van der Waals surface area contributed by atoms with Crippen LogP contribution < -0.4 is 20.3 Å². The van der Waals surface area contributed by atoms with E-state index in [1.54, 1.807) is 41.6 Å². The van der Waals surface area contributed by atoms with Crippen LogP contribution in [0.1, 0.15) is 12.1 Å². The topological polar surface area (TPSA) is 109 Å². The second kappa shape index (κ2) is 9.28. The van der Waals surface area contributed by atoms with Crippen LogP contribution in [0, 0.1) is 6.92 Å². The molecule has 4 heterocycles. The summed E-state index contributed by atoms with van der Waals surface area (Å²) in [5, 5.41) is 6.21. The molecule has 5 rings (SSSR count). The van der Waals surface area contributed by atoms with Gasteiger partial charge in [-0.25, -0.2) is 14.8 Å². The molecular formula is C24H20N6O3S. The average molecular weight is 473 g/mol. The molecule has 4 aromatic rings. The van der Waals surface area contributed by atoms with Gasteiger partial charge in [-0.3, -0.25) is 14.7 Å². The smallest absolute Gasteiger partial charge is 0.323 e. The molecule has 34 heavy (non-hydrogen) atoms. The van der Waals surface area contributed by atoms with Crippen LogP contribution >= 0.6 is 11.3 Å². The average Bonchev–Trinajstić information content (AvgIpc) is 3.30. The molecular weight excluding hydrogens is 452 g/mol. The summed E-state index contributed by atoms with van der Waals surface area (Å²) >= 11 is 1.49. The summed E-state index contributed by atoms with van der Waals surface area (Å²) < 4.78 is 5.81. The van der Waals surface area contributed by atoms with Gasteiger partial charge < -0.3 is 15.4 Å². The minimum absolute atomic E-state index is 0.114. The number of hydrogen-bond acceptors (Lipinski definition) is 7. The highest BCUT2D eigenvalue weighted by Crippen LogP contribution is 2.34. The van der Waals surface area contributed by atoms with Gasteiger partial charge in [0, 0.05) is 31.4 Å². The summed E-state index contributed by atoms with van der Waals surface area (Å²) in [6.45, 7) is 2.55. The Morgan fingerprint density at radius 2 is 1.88 bits per heavy atom. The second-order valence-electron chi connectivity index (χ2n) is 7.53. The number of aromatic nitrogens is 3. The highest BCUT2D eigenvalue weighted by atomic mass is 32.1. The van der Waals surface area contributed by atoms with Crippen molar-refractivity contribution in [3.8, 4) is 22.1 Å². The summed E-state index contributed by atoms with van der Waals surface area (Å²) in [4.78, 5) is 39.2. The maximum atomic E-state index is 12.2. The third-order valence-electron chi connectivity index (χ3n) is 5.19. The lowest BCUT2D eigenvalue weighted by atomic mass is 10.2. The van der Waals surface area contributed by atoms with E-state index in [4.69, 9.17) is 4.74 Å². The Bertz CT molecular complexity index is 1340. The van der Waals surface area contributed by atoms with Gasteiger partial charge in [-0.15, -0.1) is 0 Å². The fraction of sp³-hybridized carbons (Fsp3) is 0.125. The van der Waals surface area contributed by atoms with Crippen LogP contribution in [0.2, 0.25) is 0 Å². The SMILES string of the molecule is Cc1ncccc1NC(=O)Nc1ccc(Oc2ccc(-c3cnc(N4CCC4=O)s3)cc2)nc1. The molecule has 0 aliphatic carbocycles. The number of thiazole rings is 1. The number of rotatable bonds is 6. The van der Waals surface area contributed by atoms with E-state index in [2.05, 4.69) is 25.6 Å². The fourth-order valence-corrected chi connectivity index (χ4v) is 4.23. The molecule has 1 aliphatic heterocycles. The number of benzene rings is 1. The first-order valence-electron chi connectivity index (χ1n) is 10.6. The molecule has 10 heteroatoms. The van der Waals surface area contributed by atoms with E-state index >= 15 is 0 Å². The number of carbonyl (C=O) groups excluding carboxylic acids is 2. The molecule has 1 aliphatic rings. The molecule has 0 spiro atoms. The quantitative estimate of drug-likeness (QED) is 0.379. The molecule has 0 radical (unpaired) electrons. The Morgan fingerprint density at radius 3 is 2.56 bits per heavy atom. The Hall–Kier alpha value is -4.31. The third-order valence-corrected chi connectivity index (χ3v) is 6.25. The van der Waals surface area contributed by atoms with Gasteiger partial charge in [0.1, 0.15) is 5.75 Å². The van der Waals surface area contributed by atoms with Crippen LogP contribution in [0.25, 0.3) is 10.4 Å². The van der Waals surface area contributed by atoms with Crippen LogP contribution in [-0.4, -0.2) is 33.4 Å². The monoisotopic (exact) mass is 472 g/mol. The fourth-order valence-electron chi connectivity index (χ4n) is 3.26. The lowest BCUT2D eigenvalue weighted by Crippen LogP contribution is -2.43. The predicted molar refractivity (Wildman–Crippen MR) is 130 cm³/mol. The van der Waals surface area contributed by atoms with Gasteiger partial charge in [-0.2, -0.15) is 0 Å². The normalized spacial score (nSPS) is 12.7. The van der Waals surface area contributed by atoms with Crippen LogP contribution in [0.15, 0.2) is 67.1 Å². The largest absolute Gasteiger partial charge is 0.439 e. The molecule has 0 atom stereocenters. The van der Waals surface area contributed by atoms with Crippen LogP contribution in [0.4, 0.5) is 21.3 Å². The highest BCUT2D eigenvalue weighted by molar-refractivity contribution is 7.19. The number of nitrogens with one attached hydrogen (secondary N) is 2. The number of anilines is 3. The van der Waals surface area contributed by atoms with Crippen molar-refractivity contribution in [3.05, 3.63) is 72.8 Å². The van der Waals surface area contributed by atoms with Crippen molar-refractivity contribution in [2.45, 2.75) is 13.3 Å². The van der Waals surface area contributed by atoms with E-state index in [9.17, 15) is 9.59 Å². The summed E-state index contributed by atoms with van der Waals surface area (Å²) in [5.74, 6) is 1.14. The number of urea groups is 1. The van der Waals surface area contributed by atoms with E-state index < -0.39 is 0 Å². The standard InChI is InChI=1S/C24H20N6O3S/c1-15-19(3-2-11-25-15)29-23(32)28-17-6-9-21(26-13-17)33-18-7-4-16(5-8-18)20-14-27-24(34-20)30-12-10-22(30)31/h2-9,11,13-14H,10,12H2,1H3,(H2,28,29,32). The third kappa shape index (κ3) is 4.71. The van der Waals surface area contributed by atoms with Crippen LogP contribution in [0.5, 0.6) is 11.6 Å². The predicted octanol–water partition coefficient (Wildman–Crippen LogP) is 5.08. The second-order valence-corrected chi connectivity index (χ2v) is 8.54. The van der Waals surface area contributed by atoms with Crippen molar-refractivity contribution in [1.29, 1.82) is 0 Å². The molecule has 170 valence electrons. The minimum Gasteiger partial charge on any atom is -0.439 e. The molecule has 0 bridgehead atoms. The van der Waals surface area contributed by atoms with Gasteiger partial charge >= 0.3 is 6.03 Å². The summed E-state index contributed by atoms with van der Waals surface area (Å²) in [5.41, 5.74) is 2.89. The van der Waals surface area contributed by atoms with Gasteiger partial charge in [0.2, 0.25) is 11.8 Å². The first kappa shape index (κ1) is 21.5. The molecule has 1 fully saturated rings. The van der Waals surface area contributed by atoms with Gasteiger partial charge in [0.05, 0.1) is 28.1 Å². The number of ether oxygens (including phenoxy) is 1. The Morgan fingerprint density at radius 1 is 1.03 bits per heavy atom. The van der Waals surface area contributed by atoms with Crippen molar-refractivity contribution in [2.75, 3.05) is 22.1 Å². The number of β-lactam (4-membered cyclic amide) rings is 1. The lowest BCUT2D eigenvalue weighted by molar-refractivity contribution is -0.122. The molecule has 0 saturated carbocycles. The van der Waals surface area contributed by atoms with Gasteiger partial charge in [0.15, 0.2) is 5.13 Å².